The molecule has 1 fully saturated rings. The molecule has 2 amide bonds. The van der Waals surface area contributed by atoms with Gasteiger partial charge in [-0.05, 0) is 18.2 Å². The van der Waals surface area contributed by atoms with Crippen molar-refractivity contribution in [3.05, 3.63) is 24.0 Å². The fourth-order valence-corrected chi connectivity index (χ4v) is 2.25. The molecule has 23 heavy (non-hydrogen) atoms. The van der Waals surface area contributed by atoms with E-state index in [1.54, 1.807) is 6.07 Å². The summed E-state index contributed by atoms with van der Waals surface area (Å²) in [6.07, 6.45) is 0.539. The number of rotatable bonds is 8. The summed E-state index contributed by atoms with van der Waals surface area (Å²) in [6, 6.07) is 4.25. The van der Waals surface area contributed by atoms with Crippen LogP contribution in [0.15, 0.2) is 18.2 Å². The number of cyclic esters (lactones) is 1. The van der Waals surface area contributed by atoms with E-state index in [1.807, 2.05) is 0 Å². The first-order chi connectivity index (χ1) is 11.1. The van der Waals surface area contributed by atoms with Gasteiger partial charge in [0.1, 0.15) is 11.9 Å². The van der Waals surface area contributed by atoms with Gasteiger partial charge in [-0.1, -0.05) is 0 Å². The Hall–Kier alpha value is -2.68. The number of anilines is 2. The molecular formula is C14H18FN5O3. The standard InChI is InChI=1S/C14H18FN5O3/c15-12-5-10(20-7-11(6-16)23-14(20)22)1-2-13(12)19(8-17)4-3-18-9-21/h1-2,5,8-9,11,17H,3-4,6-7,16H2,(H,18,21). The molecule has 0 bridgehead atoms. The zero-order valence-corrected chi connectivity index (χ0v) is 12.4. The molecule has 1 aliphatic heterocycles. The molecule has 1 aliphatic rings. The van der Waals surface area contributed by atoms with Crippen LogP contribution >= 0.6 is 0 Å². The van der Waals surface area contributed by atoms with Crippen molar-refractivity contribution >= 4 is 30.2 Å². The quantitative estimate of drug-likeness (QED) is 0.275. The Morgan fingerprint density at radius 1 is 1.57 bits per heavy atom. The van der Waals surface area contributed by atoms with E-state index in [9.17, 15) is 14.0 Å². The van der Waals surface area contributed by atoms with E-state index in [0.717, 1.165) is 6.34 Å². The summed E-state index contributed by atoms with van der Waals surface area (Å²) in [6.45, 7) is 0.996. The fourth-order valence-electron chi connectivity index (χ4n) is 2.25. The van der Waals surface area contributed by atoms with Crippen LogP contribution in [0.2, 0.25) is 0 Å². The highest BCUT2D eigenvalue weighted by Crippen LogP contribution is 2.27. The number of benzene rings is 1. The molecule has 0 saturated carbocycles. The molecule has 9 heteroatoms. The number of carbonyl (C=O) groups excluding carboxylic acids is 2. The van der Waals surface area contributed by atoms with Gasteiger partial charge < -0.3 is 20.7 Å². The second-order valence-corrected chi connectivity index (χ2v) is 4.88. The van der Waals surface area contributed by atoms with Crippen molar-refractivity contribution < 1.29 is 18.7 Å². The Kier molecular flexibility index (Phi) is 5.47. The van der Waals surface area contributed by atoms with Gasteiger partial charge in [0.25, 0.3) is 0 Å². The second kappa shape index (κ2) is 7.54. The highest BCUT2D eigenvalue weighted by molar-refractivity contribution is 5.90. The van der Waals surface area contributed by atoms with Gasteiger partial charge in [-0.15, -0.1) is 0 Å². The van der Waals surface area contributed by atoms with Crippen LogP contribution in [0, 0.1) is 11.2 Å². The highest BCUT2D eigenvalue weighted by Gasteiger charge is 2.31. The van der Waals surface area contributed by atoms with Gasteiger partial charge in [0, 0.05) is 19.6 Å². The molecule has 0 aromatic heterocycles. The average Bonchev–Trinajstić information content (AvgIpc) is 2.93. The van der Waals surface area contributed by atoms with E-state index in [4.69, 9.17) is 15.9 Å². The third-order valence-electron chi connectivity index (χ3n) is 3.43. The maximum atomic E-state index is 14.3. The van der Waals surface area contributed by atoms with Crippen molar-refractivity contribution in [3.63, 3.8) is 0 Å². The summed E-state index contributed by atoms with van der Waals surface area (Å²) in [5.41, 5.74) is 6.01. The number of nitrogens with zero attached hydrogens (tertiary/aromatic N) is 2. The molecule has 0 radical (unpaired) electrons. The topological polar surface area (TPSA) is 112 Å². The van der Waals surface area contributed by atoms with Crippen LogP contribution in [-0.2, 0) is 9.53 Å². The van der Waals surface area contributed by atoms with E-state index in [2.05, 4.69) is 5.32 Å². The zero-order valence-electron chi connectivity index (χ0n) is 12.4. The van der Waals surface area contributed by atoms with E-state index < -0.39 is 18.0 Å². The Labute approximate surface area is 132 Å². The first-order valence-electron chi connectivity index (χ1n) is 7.02. The third kappa shape index (κ3) is 3.75. The molecule has 0 aliphatic carbocycles. The number of halogens is 1. The molecule has 1 saturated heterocycles. The molecule has 1 aromatic rings. The first kappa shape index (κ1) is 16.7. The summed E-state index contributed by atoms with van der Waals surface area (Å²) < 4.78 is 19.4. The van der Waals surface area contributed by atoms with E-state index in [-0.39, 0.29) is 31.9 Å². The van der Waals surface area contributed by atoms with Gasteiger partial charge >= 0.3 is 6.09 Å². The van der Waals surface area contributed by atoms with Crippen molar-refractivity contribution in [2.45, 2.75) is 6.10 Å². The molecule has 2 rings (SSSR count). The van der Waals surface area contributed by atoms with Crippen molar-refractivity contribution in [1.82, 2.24) is 5.32 Å². The third-order valence-corrected chi connectivity index (χ3v) is 3.43. The van der Waals surface area contributed by atoms with Crippen LogP contribution in [0.5, 0.6) is 0 Å². The van der Waals surface area contributed by atoms with Crippen LogP contribution in [0.4, 0.5) is 20.6 Å². The summed E-state index contributed by atoms with van der Waals surface area (Å²) in [5.74, 6) is -0.582. The minimum absolute atomic E-state index is 0.180. The molecular weight excluding hydrogens is 305 g/mol. The van der Waals surface area contributed by atoms with Crippen molar-refractivity contribution in [2.75, 3.05) is 36.0 Å². The smallest absolute Gasteiger partial charge is 0.414 e. The van der Waals surface area contributed by atoms with Gasteiger partial charge in [0.2, 0.25) is 6.41 Å². The Morgan fingerprint density at radius 3 is 2.91 bits per heavy atom. The van der Waals surface area contributed by atoms with Crippen molar-refractivity contribution in [3.8, 4) is 0 Å². The van der Waals surface area contributed by atoms with Crippen LogP contribution in [0.25, 0.3) is 0 Å². The number of nitrogens with one attached hydrogen (secondary N) is 2. The Bertz CT molecular complexity index is 598. The largest absolute Gasteiger partial charge is 0.443 e. The normalized spacial score (nSPS) is 16.9. The molecule has 0 spiro atoms. The monoisotopic (exact) mass is 323 g/mol. The highest BCUT2D eigenvalue weighted by atomic mass is 19.1. The Morgan fingerprint density at radius 2 is 2.35 bits per heavy atom. The molecule has 1 atom stereocenters. The lowest BCUT2D eigenvalue weighted by molar-refractivity contribution is -0.109. The average molecular weight is 323 g/mol. The Balaban J connectivity index is 2.15. The van der Waals surface area contributed by atoms with Gasteiger partial charge in [-0.3, -0.25) is 15.1 Å². The number of carbonyl (C=O) groups is 2. The van der Waals surface area contributed by atoms with Crippen molar-refractivity contribution in [1.29, 1.82) is 5.41 Å². The second-order valence-electron chi connectivity index (χ2n) is 4.88. The number of hydrogen-bond acceptors (Lipinski definition) is 5. The zero-order chi connectivity index (χ0) is 16.8. The molecule has 124 valence electrons. The molecule has 1 aromatic carbocycles. The van der Waals surface area contributed by atoms with Gasteiger partial charge in [0.05, 0.1) is 24.3 Å². The summed E-state index contributed by atoms with van der Waals surface area (Å²) >= 11 is 0. The molecule has 1 heterocycles. The SMILES string of the molecule is N=CN(CCNC=O)c1ccc(N2CC(CN)OC2=O)cc1F. The summed E-state index contributed by atoms with van der Waals surface area (Å²) in [4.78, 5) is 24.6. The predicted molar refractivity (Wildman–Crippen MR) is 83.3 cm³/mol. The number of ether oxygens (including phenoxy) is 1. The first-order valence-corrected chi connectivity index (χ1v) is 7.02. The summed E-state index contributed by atoms with van der Waals surface area (Å²) in [5, 5.41) is 9.80. The van der Waals surface area contributed by atoms with E-state index in [0.29, 0.717) is 12.1 Å². The minimum Gasteiger partial charge on any atom is -0.443 e. The fraction of sp³-hybridized carbons (Fsp3) is 0.357. The van der Waals surface area contributed by atoms with Gasteiger partial charge in [0.15, 0.2) is 0 Å². The molecule has 4 N–H and O–H groups in total. The van der Waals surface area contributed by atoms with E-state index >= 15 is 0 Å². The number of amides is 2. The lowest BCUT2D eigenvalue weighted by atomic mass is 10.2. The van der Waals surface area contributed by atoms with Crippen LogP contribution in [0.1, 0.15) is 0 Å². The van der Waals surface area contributed by atoms with Crippen LogP contribution in [-0.4, -0.2) is 51.1 Å². The van der Waals surface area contributed by atoms with Crippen LogP contribution < -0.4 is 20.9 Å². The maximum Gasteiger partial charge on any atom is 0.414 e. The maximum absolute atomic E-state index is 14.3. The number of nitrogens with two attached hydrogens (primary N) is 1. The molecule has 8 nitrogen and oxygen atoms in total. The van der Waals surface area contributed by atoms with Gasteiger partial charge in [-0.2, -0.15) is 0 Å². The van der Waals surface area contributed by atoms with E-state index in [1.165, 1.54) is 21.9 Å². The minimum atomic E-state index is -0.582. The lowest BCUT2D eigenvalue weighted by Crippen LogP contribution is -2.31. The predicted octanol–water partition coefficient (Wildman–Crippen LogP) is 0.269. The number of hydrogen-bond donors (Lipinski definition) is 3. The molecule has 1 unspecified atom stereocenters. The van der Waals surface area contributed by atoms with Crippen molar-refractivity contribution in [2.24, 2.45) is 5.73 Å². The van der Waals surface area contributed by atoms with Crippen LogP contribution in [0.3, 0.4) is 0 Å². The lowest BCUT2D eigenvalue weighted by Gasteiger charge is -2.21. The van der Waals surface area contributed by atoms with Gasteiger partial charge in [-0.25, -0.2) is 9.18 Å². The summed E-state index contributed by atoms with van der Waals surface area (Å²) in [7, 11) is 0.